The van der Waals surface area contributed by atoms with E-state index in [1.807, 2.05) is 34.6 Å². The Kier molecular flexibility index (Phi) is 10.5. The van der Waals surface area contributed by atoms with Gasteiger partial charge in [-0.3, -0.25) is 9.32 Å². The van der Waals surface area contributed by atoms with E-state index < -0.39 is 17.8 Å². The first-order chi connectivity index (χ1) is 12.9. The minimum Gasteiger partial charge on any atom is -0.464 e. The molecule has 1 rings (SSSR count). The van der Waals surface area contributed by atoms with Gasteiger partial charge in [0.25, 0.3) is 0 Å². The lowest BCUT2D eigenvalue weighted by atomic mass is 9.89. The Hall–Kier alpha value is -0.110. The fourth-order valence-electron chi connectivity index (χ4n) is 2.67. The van der Waals surface area contributed by atoms with E-state index in [-0.39, 0.29) is 12.6 Å². The number of hydrogen-bond donors (Lipinski definition) is 0. The lowest BCUT2D eigenvalue weighted by Gasteiger charge is -2.34. The average molecular weight is 439 g/mol. The maximum atomic E-state index is 12.7. The minimum absolute atomic E-state index is 0.187. The van der Waals surface area contributed by atoms with Crippen LogP contribution in [0.3, 0.4) is 0 Å². The second-order valence-electron chi connectivity index (χ2n) is 8.82. The second-order valence-corrected chi connectivity index (χ2v) is 12.9. The fraction of sp³-hybridized carbons (Fsp3) is 0.947. The van der Waals surface area contributed by atoms with Crippen LogP contribution in [-0.4, -0.2) is 80.1 Å². The van der Waals surface area contributed by atoms with Crippen LogP contribution in [0.4, 0.5) is 0 Å². The molecule has 0 aromatic rings. The molecule has 0 saturated carbocycles. The van der Waals surface area contributed by atoms with Crippen molar-refractivity contribution in [1.29, 1.82) is 0 Å². The number of esters is 1. The molecular formula is C19H39N2O5PS. The van der Waals surface area contributed by atoms with E-state index in [1.54, 1.807) is 6.92 Å². The van der Waals surface area contributed by atoms with Crippen molar-refractivity contribution in [2.45, 2.75) is 53.6 Å². The summed E-state index contributed by atoms with van der Waals surface area (Å²) < 4.78 is 29.1. The molecule has 1 unspecified atom stereocenters. The molecule has 0 spiro atoms. The largest absolute Gasteiger partial charge is 0.464 e. The molecule has 1 heterocycles. The molecule has 1 saturated heterocycles. The molecular weight excluding hydrogens is 399 g/mol. The molecule has 0 amide bonds. The van der Waals surface area contributed by atoms with Crippen LogP contribution in [-0.2, 0) is 23.1 Å². The number of carbonyl (C=O) groups is 1. The monoisotopic (exact) mass is 438 g/mol. The van der Waals surface area contributed by atoms with Crippen molar-refractivity contribution in [2.75, 3.05) is 58.7 Å². The van der Waals surface area contributed by atoms with Gasteiger partial charge in [0.05, 0.1) is 17.6 Å². The highest BCUT2D eigenvalue weighted by molar-refractivity contribution is 8.55. The summed E-state index contributed by atoms with van der Waals surface area (Å²) in [6.45, 7) is 13.5. The van der Waals surface area contributed by atoms with Gasteiger partial charge in [0.15, 0.2) is 0 Å². The maximum Gasteiger partial charge on any atom is 0.389 e. The van der Waals surface area contributed by atoms with Crippen molar-refractivity contribution < 1.29 is 23.1 Å². The Morgan fingerprint density at radius 1 is 1.11 bits per heavy atom. The van der Waals surface area contributed by atoms with E-state index in [0.717, 1.165) is 50.5 Å². The Morgan fingerprint density at radius 2 is 1.71 bits per heavy atom. The van der Waals surface area contributed by atoms with Crippen molar-refractivity contribution in [1.82, 2.24) is 9.80 Å². The maximum absolute atomic E-state index is 12.7. The summed E-state index contributed by atoms with van der Waals surface area (Å²) in [5, 5.41) is 0. The zero-order valence-electron chi connectivity index (χ0n) is 18.7. The van der Waals surface area contributed by atoms with Gasteiger partial charge in [-0.1, -0.05) is 0 Å². The predicted octanol–water partition coefficient (Wildman–Crippen LogP) is 3.89. The third-order valence-electron chi connectivity index (χ3n) is 4.44. The van der Waals surface area contributed by atoms with Gasteiger partial charge in [0.1, 0.15) is 6.61 Å². The lowest BCUT2D eigenvalue weighted by Crippen LogP contribution is -2.45. The Balaban J connectivity index is 2.37. The van der Waals surface area contributed by atoms with E-state index in [9.17, 15) is 9.36 Å². The number of nitrogens with zero attached hydrogens (tertiary/aromatic N) is 2. The van der Waals surface area contributed by atoms with Gasteiger partial charge < -0.3 is 19.1 Å². The normalized spacial score (nSPS) is 19.4. The topological polar surface area (TPSA) is 68.3 Å². The molecule has 9 heteroatoms. The molecule has 7 nitrogen and oxygen atoms in total. The van der Waals surface area contributed by atoms with Crippen LogP contribution < -0.4 is 0 Å². The summed E-state index contributed by atoms with van der Waals surface area (Å²) in [4.78, 5) is 17.2. The van der Waals surface area contributed by atoms with Crippen molar-refractivity contribution in [2.24, 2.45) is 5.41 Å². The molecule has 1 fully saturated rings. The Labute approximate surface area is 175 Å². The molecule has 1 aliphatic heterocycles. The Morgan fingerprint density at radius 3 is 2.25 bits per heavy atom. The summed E-state index contributed by atoms with van der Waals surface area (Å²) >= 11 is 1.09. The van der Waals surface area contributed by atoms with E-state index in [0.29, 0.717) is 12.4 Å². The zero-order chi connectivity index (χ0) is 21.4. The van der Waals surface area contributed by atoms with Gasteiger partial charge >= 0.3 is 12.8 Å². The molecule has 0 aromatic carbocycles. The first-order valence-electron chi connectivity index (χ1n) is 10.0. The molecule has 0 aromatic heterocycles. The van der Waals surface area contributed by atoms with E-state index in [4.69, 9.17) is 13.8 Å². The summed E-state index contributed by atoms with van der Waals surface area (Å²) in [6, 6.07) is 0. The number of likely N-dealkylation sites (N-methyl/N-ethyl adjacent to an activating group) is 1. The molecule has 166 valence electrons. The first-order valence-corrected chi connectivity index (χ1v) is 13.2. The highest BCUT2D eigenvalue weighted by Crippen LogP contribution is 2.62. The predicted molar refractivity (Wildman–Crippen MR) is 116 cm³/mol. The van der Waals surface area contributed by atoms with Crippen LogP contribution >= 0.6 is 18.2 Å². The van der Waals surface area contributed by atoms with Gasteiger partial charge in [-0.15, -0.1) is 0 Å². The third-order valence-corrected chi connectivity index (χ3v) is 8.49. The van der Waals surface area contributed by atoms with Crippen LogP contribution in [0.25, 0.3) is 0 Å². The molecule has 0 N–H and O–H groups in total. The second kappa shape index (κ2) is 11.3. The molecule has 0 radical (unpaired) electrons. The molecule has 0 bridgehead atoms. The smallest absolute Gasteiger partial charge is 0.389 e. The number of ether oxygens (including phenoxy) is 1. The van der Waals surface area contributed by atoms with Crippen LogP contribution in [0.2, 0.25) is 0 Å². The van der Waals surface area contributed by atoms with Gasteiger partial charge in [-0.25, -0.2) is 4.57 Å². The number of piperazine rings is 1. The van der Waals surface area contributed by atoms with Gasteiger partial charge in [-0.2, -0.15) is 0 Å². The van der Waals surface area contributed by atoms with Crippen molar-refractivity contribution in [3.05, 3.63) is 0 Å². The quantitative estimate of drug-likeness (QED) is 0.273. The molecule has 1 atom stereocenters. The molecule has 28 heavy (non-hydrogen) atoms. The minimum atomic E-state index is -3.26. The third kappa shape index (κ3) is 10.1. The summed E-state index contributed by atoms with van der Waals surface area (Å²) in [6.07, 6.45) is 0.757. The number of carbonyl (C=O) groups excluding carboxylic acids is 1. The lowest BCUT2D eigenvalue weighted by molar-refractivity contribution is -0.153. The SMILES string of the molecule is CCOP(=O)(OC(C)(C)C)SCCOC(=O)C(C)(C)CCN1CCN(C)CC1. The molecule has 0 aliphatic carbocycles. The summed E-state index contributed by atoms with van der Waals surface area (Å²) in [7, 11) is 2.13. The highest BCUT2D eigenvalue weighted by atomic mass is 32.7. The summed E-state index contributed by atoms with van der Waals surface area (Å²) in [5.41, 5.74) is -1.11. The van der Waals surface area contributed by atoms with E-state index >= 15 is 0 Å². The fourth-order valence-corrected chi connectivity index (χ4v) is 6.49. The standard InChI is InChI=1S/C19H39N2O5PS/c1-8-25-27(23,26-18(2,3)4)28-16-15-24-17(22)19(5,6)9-10-21-13-11-20(7)12-14-21/h8-16H2,1-7H3. The van der Waals surface area contributed by atoms with Gasteiger partial charge in [-0.05, 0) is 72.9 Å². The van der Waals surface area contributed by atoms with Gasteiger partial charge in [0.2, 0.25) is 0 Å². The van der Waals surface area contributed by atoms with Crippen molar-refractivity contribution in [3.63, 3.8) is 0 Å². The van der Waals surface area contributed by atoms with Crippen LogP contribution in [0, 0.1) is 5.41 Å². The Bertz CT molecular complexity index is 531. The van der Waals surface area contributed by atoms with E-state index in [2.05, 4.69) is 16.8 Å². The summed E-state index contributed by atoms with van der Waals surface area (Å²) in [5.74, 6) is 0.151. The zero-order valence-corrected chi connectivity index (χ0v) is 20.4. The first kappa shape index (κ1) is 25.9. The van der Waals surface area contributed by atoms with Crippen LogP contribution in [0.5, 0.6) is 0 Å². The van der Waals surface area contributed by atoms with Crippen LogP contribution in [0.15, 0.2) is 0 Å². The van der Waals surface area contributed by atoms with E-state index in [1.165, 1.54) is 0 Å². The highest BCUT2D eigenvalue weighted by Gasteiger charge is 2.33. The van der Waals surface area contributed by atoms with Crippen molar-refractivity contribution in [3.8, 4) is 0 Å². The molecule has 1 aliphatic rings. The van der Waals surface area contributed by atoms with Gasteiger partial charge in [0, 0.05) is 31.9 Å². The average Bonchev–Trinajstić information content (AvgIpc) is 2.56. The van der Waals surface area contributed by atoms with Crippen LogP contribution in [0.1, 0.15) is 48.0 Å². The van der Waals surface area contributed by atoms with Crippen molar-refractivity contribution >= 4 is 24.1 Å². The number of hydrogen-bond acceptors (Lipinski definition) is 8. The number of rotatable bonds is 11.